The lowest BCUT2D eigenvalue weighted by Crippen LogP contribution is -2.52. The van der Waals surface area contributed by atoms with Gasteiger partial charge in [0.25, 0.3) is 5.91 Å². The number of thiol groups is 1. The number of carbonyl (C=O) groups excluding carboxylic acids is 2. The highest BCUT2D eigenvalue weighted by Crippen LogP contribution is 2.22. The van der Waals surface area contributed by atoms with Gasteiger partial charge in [-0.15, -0.1) is 0 Å². The third-order valence-electron chi connectivity index (χ3n) is 5.41. The second kappa shape index (κ2) is 12.1. The molecule has 1 heterocycles. The Kier molecular flexibility index (Phi) is 9.51. The van der Waals surface area contributed by atoms with Crippen LogP contribution in [0.5, 0.6) is 0 Å². The molecule has 3 rings (SSSR count). The molecule has 12 heteroatoms. The zero-order chi connectivity index (χ0) is 24.7. The molecular formula is C22H27BrN4O5S2. The standard InChI is InChI=1S/C22H27BrN4O5S2/c23-17-3-1-16(2-4-17)22(29)25-18-5-7-19(8-6-18)34(30,31)27(20(15-33)21(24)28)10-9-26-11-13-32-14-12-26/h1-8,20,33H,9-15H2,(H2,24,28)(H,25,29)/t20-/m0/s1. The first kappa shape index (κ1) is 26.6. The van der Waals surface area contributed by atoms with Crippen LogP contribution in [0.25, 0.3) is 0 Å². The van der Waals surface area contributed by atoms with Crippen LogP contribution < -0.4 is 11.1 Å². The molecule has 0 spiro atoms. The van der Waals surface area contributed by atoms with Gasteiger partial charge in [0.2, 0.25) is 15.9 Å². The Morgan fingerprint density at radius 2 is 1.74 bits per heavy atom. The minimum absolute atomic E-state index is 0.0100. The second-order valence-corrected chi connectivity index (χ2v) is 10.8. The highest BCUT2D eigenvalue weighted by molar-refractivity contribution is 9.10. The average molecular weight is 572 g/mol. The minimum atomic E-state index is -4.05. The molecule has 0 saturated carbocycles. The fraction of sp³-hybridized carbons (Fsp3) is 0.364. The summed E-state index contributed by atoms with van der Waals surface area (Å²) >= 11 is 7.49. The zero-order valence-electron chi connectivity index (χ0n) is 18.4. The number of nitrogens with zero attached hydrogens (tertiary/aromatic N) is 2. The van der Waals surface area contributed by atoms with E-state index in [-0.39, 0.29) is 23.1 Å². The summed E-state index contributed by atoms with van der Waals surface area (Å²) in [7, 11) is -4.05. The van der Waals surface area contributed by atoms with E-state index >= 15 is 0 Å². The molecule has 184 valence electrons. The Morgan fingerprint density at radius 1 is 1.12 bits per heavy atom. The van der Waals surface area contributed by atoms with Crippen molar-refractivity contribution in [3.8, 4) is 0 Å². The predicted molar refractivity (Wildman–Crippen MR) is 137 cm³/mol. The summed E-state index contributed by atoms with van der Waals surface area (Å²) in [5, 5.41) is 2.74. The van der Waals surface area contributed by atoms with E-state index in [1.807, 2.05) is 0 Å². The van der Waals surface area contributed by atoms with Gasteiger partial charge in [-0.25, -0.2) is 8.42 Å². The number of anilines is 1. The van der Waals surface area contributed by atoms with Gasteiger partial charge in [0.15, 0.2) is 0 Å². The Balaban J connectivity index is 1.77. The largest absolute Gasteiger partial charge is 0.379 e. The Labute approximate surface area is 213 Å². The number of sulfonamides is 1. The molecule has 1 saturated heterocycles. The van der Waals surface area contributed by atoms with Crippen LogP contribution in [0.2, 0.25) is 0 Å². The van der Waals surface area contributed by atoms with Crippen LogP contribution in [0.1, 0.15) is 10.4 Å². The van der Waals surface area contributed by atoms with Gasteiger partial charge in [-0.2, -0.15) is 16.9 Å². The van der Waals surface area contributed by atoms with E-state index in [9.17, 15) is 18.0 Å². The summed E-state index contributed by atoms with van der Waals surface area (Å²) in [6, 6.07) is 11.6. The molecule has 0 bridgehead atoms. The number of morpholine rings is 1. The molecule has 1 atom stereocenters. The molecule has 0 aliphatic carbocycles. The summed E-state index contributed by atoms with van der Waals surface area (Å²) in [6.45, 7) is 3.03. The fourth-order valence-electron chi connectivity index (χ4n) is 3.48. The number of hydrogen-bond donors (Lipinski definition) is 3. The van der Waals surface area contributed by atoms with E-state index in [1.165, 1.54) is 24.3 Å². The number of benzene rings is 2. The van der Waals surface area contributed by atoms with E-state index in [1.54, 1.807) is 24.3 Å². The minimum Gasteiger partial charge on any atom is -0.379 e. The third-order valence-corrected chi connectivity index (χ3v) is 8.21. The number of halogens is 1. The zero-order valence-corrected chi connectivity index (χ0v) is 21.7. The first-order chi connectivity index (χ1) is 16.2. The number of ether oxygens (including phenoxy) is 1. The molecule has 3 N–H and O–H groups in total. The lowest BCUT2D eigenvalue weighted by molar-refractivity contribution is -0.121. The van der Waals surface area contributed by atoms with Crippen LogP contribution >= 0.6 is 28.6 Å². The van der Waals surface area contributed by atoms with Crippen molar-refractivity contribution in [1.82, 2.24) is 9.21 Å². The maximum atomic E-state index is 13.4. The normalized spacial score (nSPS) is 15.7. The van der Waals surface area contributed by atoms with Crippen LogP contribution in [0.4, 0.5) is 5.69 Å². The number of nitrogens with one attached hydrogen (secondary N) is 1. The Morgan fingerprint density at radius 3 is 2.29 bits per heavy atom. The summed E-state index contributed by atoms with van der Waals surface area (Å²) in [5.74, 6) is -1.13. The van der Waals surface area contributed by atoms with Gasteiger partial charge in [-0.1, -0.05) is 15.9 Å². The molecule has 0 radical (unpaired) electrons. The van der Waals surface area contributed by atoms with Crippen molar-refractivity contribution in [2.24, 2.45) is 5.73 Å². The van der Waals surface area contributed by atoms with Crippen LogP contribution in [0.3, 0.4) is 0 Å². The van der Waals surface area contributed by atoms with E-state index in [2.05, 4.69) is 38.8 Å². The highest BCUT2D eigenvalue weighted by Gasteiger charge is 2.34. The predicted octanol–water partition coefficient (Wildman–Crippen LogP) is 1.81. The molecule has 1 fully saturated rings. The summed E-state index contributed by atoms with van der Waals surface area (Å²) in [4.78, 5) is 26.5. The van der Waals surface area contributed by atoms with E-state index < -0.39 is 22.0 Å². The van der Waals surface area contributed by atoms with Gasteiger partial charge in [0, 0.05) is 47.7 Å². The molecule has 0 aromatic heterocycles. The summed E-state index contributed by atoms with van der Waals surface area (Å²) in [6.07, 6.45) is 0. The van der Waals surface area contributed by atoms with Crippen molar-refractivity contribution in [2.45, 2.75) is 10.9 Å². The molecular weight excluding hydrogens is 544 g/mol. The van der Waals surface area contributed by atoms with Crippen molar-refractivity contribution in [1.29, 1.82) is 0 Å². The number of hydrogen-bond acceptors (Lipinski definition) is 7. The van der Waals surface area contributed by atoms with Crippen LogP contribution in [-0.4, -0.2) is 80.6 Å². The van der Waals surface area contributed by atoms with E-state index in [0.29, 0.717) is 44.1 Å². The van der Waals surface area contributed by atoms with Crippen molar-refractivity contribution in [2.75, 3.05) is 50.5 Å². The van der Waals surface area contributed by atoms with Gasteiger partial charge >= 0.3 is 0 Å². The summed E-state index contributed by atoms with van der Waals surface area (Å²) < 4.78 is 34.2. The van der Waals surface area contributed by atoms with E-state index in [4.69, 9.17) is 10.5 Å². The van der Waals surface area contributed by atoms with Crippen molar-refractivity contribution >= 4 is 56.1 Å². The number of carbonyl (C=O) groups is 2. The number of nitrogens with two attached hydrogens (primary N) is 1. The van der Waals surface area contributed by atoms with Crippen molar-refractivity contribution in [3.05, 3.63) is 58.6 Å². The first-order valence-electron chi connectivity index (χ1n) is 10.6. The SMILES string of the molecule is NC(=O)[C@H](CS)N(CCN1CCOCC1)S(=O)(=O)c1ccc(NC(=O)c2ccc(Br)cc2)cc1. The molecule has 2 aromatic carbocycles. The van der Waals surface area contributed by atoms with Gasteiger partial charge in [-0.05, 0) is 48.5 Å². The van der Waals surface area contributed by atoms with E-state index in [0.717, 1.165) is 8.78 Å². The van der Waals surface area contributed by atoms with Gasteiger partial charge in [0.05, 0.1) is 18.1 Å². The highest BCUT2D eigenvalue weighted by atomic mass is 79.9. The molecule has 2 aromatic rings. The molecule has 9 nitrogen and oxygen atoms in total. The smallest absolute Gasteiger partial charge is 0.255 e. The summed E-state index contributed by atoms with van der Waals surface area (Å²) in [5.41, 5.74) is 6.40. The van der Waals surface area contributed by atoms with Crippen molar-refractivity contribution in [3.63, 3.8) is 0 Å². The van der Waals surface area contributed by atoms with Crippen LogP contribution in [0, 0.1) is 0 Å². The first-order valence-corrected chi connectivity index (χ1v) is 13.5. The maximum absolute atomic E-state index is 13.4. The third kappa shape index (κ3) is 6.80. The number of rotatable bonds is 10. The molecule has 1 aliphatic heterocycles. The molecule has 1 aliphatic rings. The monoisotopic (exact) mass is 570 g/mol. The molecule has 0 unspecified atom stereocenters. The second-order valence-electron chi connectivity index (χ2n) is 7.66. The topological polar surface area (TPSA) is 122 Å². The molecule has 34 heavy (non-hydrogen) atoms. The average Bonchev–Trinajstić information content (AvgIpc) is 2.82. The number of primary amides is 1. The van der Waals surface area contributed by atoms with Crippen LogP contribution in [-0.2, 0) is 19.6 Å². The Bertz CT molecular complexity index is 1090. The molecule has 2 amide bonds. The lowest BCUT2D eigenvalue weighted by Gasteiger charge is -2.32. The van der Waals surface area contributed by atoms with Crippen molar-refractivity contribution < 1.29 is 22.7 Å². The van der Waals surface area contributed by atoms with Crippen LogP contribution in [0.15, 0.2) is 57.9 Å². The number of amides is 2. The lowest BCUT2D eigenvalue weighted by atomic mass is 10.2. The van der Waals surface area contributed by atoms with Gasteiger partial charge < -0.3 is 15.8 Å². The van der Waals surface area contributed by atoms with Gasteiger partial charge in [-0.3, -0.25) is 14.5 Å². The maximum Gasteiger partial charge on any atom is 0.255 e. The van der Waals surface area contributed by atoms with Gasteiger partial charge in [0.1, 0.15) is 6.04 Å². The fourth-order valence-corrected chi connectivity index (χ4v) is 5.82. The Hall–Kier alpha value is -1.96. The quantitative estimate of drug-likeness (QED) is 0.374.